The second kappa shape index (κ2) is 10.2. The van der Waals surface area contributed by atoms with Gasteiger partial charge in [-0.25, -0.2) is 9.78 Å². The zero-order valence-electron chi connectivity index (χ0n) is 18.3. The number of carbonyl (C=O) groups is 2. The number of aryl methyl sites for hydroxylation is 1. The maximum atomic E-state index is 12.5. The average Bonchev–Trinajstić information content (AvgIpc) is 3.26. The molecule has 0 saturated carbocycles. The molecule has 0 aliphatic carbocycles. The number of hydrogen-bond donors (Lipinski definition) is 2. The Hall–Kier alpha value is -3.20. The van der Waals surface area contributed by atoms with Crippen LogP contribution in [0.5, 0.6) is 6.01 Å². The van der Waals surface area contributed by atoms with E-state index in [1.54, 1.807) is 19.1 Å². The Morgan fingerprint density at radius 2 is 2.13 bits per heavy atom. The molecule has 0 radical (unpaired) electrons. The Morgan fingerprint density at radius 1 is 1.32 bits per heavy atom. The van der Waals surface area contributed by atoms with E-state index in [9.17, 15) is 9.59 Å². The van der Waals surface area contributed by atoms with Gasteiger partial charge in [0.2, 0.25) is 0 Å². The number of nitrogens with zero attached hydrogens (tertiary/aromatic N) is 2. The number of amides is 1. The van der Waals surface area contributed by atoms with Gasteiger partial charge >= 0.3 is 12.0 Å². The van der Waals surface area contributed by atoms with Crippen LogP contribution < -0.4 is 10.1 Å². The van der Waals surface area contributed by atoms with Crippen LogP contribution in [0.4, 0.5) is 5.69 Å². The minimum atomic E-state index is -0.457. The molecule has 1 aliphatic heterocycles. The molecule has 0 fully saturated rings. The van der Waals surface area contributed by atoms with E-state index in [2.05, 4.69) is 27.2 Å². The highest BCUT2D eigenvalue weighted by atomic mass is 16.5. The summed E-state index contributed by atoms with van der Waals surface area (Å²) in [6, 6.07) is 1.84. The number of aromatic nitrogens is 3. The third-order valence-corrected chi connectivity index (χ3v) is 4.63. The third kappa shape index (κ3) is 5.49. The molecular formula is C22H28N4O5. The molecule has 3 rings (SSSR count). The van der Waals surface area contributed by atoms with Crippen LogP contribution in [0.3, 0.4) is 0 Å². The van der Waals surface area contributed by atoms with E-state index >= 15 is 0 Å². The second-order valence-corrected chi connectivity index (χ2v) is 7.27. The minimum Gasteiger partial charge on any atom is -0.462 e. The van der Waals surface area contributed by atoms with Crippen molar-refractivity contribution in [1.82, 2.24) is 15.0 Å². The number of carbonyl (C=O) groups excluding carboxylic acids is 2. The lowest BCUT2D eigenvalue weighted by Gasteiger charge is -2.13. The smallest absolute Gasteiger partial charge is 0.340 e. The zero-order chi connectivity index (χ0) is 22.4. The summed E-state index contributed by atoms with van der Waals surface area (Å²) in [6.07, 6.45) is 5.05. The average molecular weight is 428 g/mol. The molecule has 0 saturated heterocycles. The zero-order valence-corrected chi connectivity index (χ0v) is 18.3. The van der Waals surface area contributed by atoms with Gasteiger partial charge in [0.25, 0.3) is 5.91 Å². The fourth-order valence-electron chi connectivity index (χ4n) is 3.08. The molecule has 31 heavy (non-hydrogen) atoms. The number of rotatable bonds is 10. The molecule has 0 bridgehead atoms. The highest BCUT2D eigenvalue weighted by Crippen LogP contribution is 2.32. The summed E-state index contributed by atoms with van der Waals surface area (Å²) in [5.74, 6) is -0.791. The van der Waals surface area contributed by atoms with Crippen LogP contribution in [0.15, 0.2) is 12.3 Å². The molecule has 0 aromatic carbocycles. The Balaban J connectivity index is 1.81. The predicted octanol–water partition coefficient (Wildman–Crippen LogP) is 3.37. The van der Waals surface area contributed by atoms with Crippen molar-refractivity contribution in [2.24, 2.45) is 0 Å². The molecule has 2 aromatic rings. The van der Waals surface area contributed by atoms with E-state index < -0.39 is 5.97 Å². The van der Waals surface area contributed by atoms with E-state index in [1.807, 2.05) is 13.8 Å². The summed E-state index contributed by atoms with van der Waals surface area (Å²) in [7, 11) is 0. The first-order chi connectivity index (χ1) is 14.9. The maximum absolute atomic E-state index is 12.5. The van der Waals surface area contributed by atoms with Gasteiger partial charge in [-0.1, -0.05) is 13.3 Å². The first-order valence-electron chi connectivity index (χ1n) is 10.4. The summed E-state index contributed by atoms with van der Waals surface area (Å²) in [6.45, 7) is 8.82. The topological polar surface area (TPSA) is 115 Å². The van der Waals surface area contributed by atoms with Crippen molar-refractivity contribution < 1.29 is 23.8 Å². The van der Waals surface area contributed by atoms with E-state index in [4.69, 9.17) is 14.2 Å². The highest BCUT2D eigenvalue weighted by Gasteiger charge is 2.28. The SMILES string of the molecule is CCCCO[C@@H](C)COc1ncc2c(n1)/C(=C/c1[nH]c(C)cc1C(=O)OCC)C(=O)N2. The van der Waals surface area contributed by atoms with E-state index in [-0.39, 0.29) is 24.6 Å². The largest absolute Gasteiger partial charge is 0.462 e. The van der Waals surface area contributed by atoms with Crippen molar-refractivity contribution in [3.8, 4) is 6.01 Å². The molecule has 0 spiro atoms. The van der Waals surface area contributed by atoms with E-state index in [1.165, 1.54) is 6.20 Å². The van der Waals surface area contributed by atoms with Crippen LogP contribution in [0, 0.1) is 6.92 Å². The van der Waals surface area contributed by atoms with Gasteiger partial charge in [-0.15, -0.1) is 0 Å². The van der Waals surface area contributed by atoms with Crippen LogP contribution >= 0.6 is 0 Å². The number of fused-ring (bicyclic) bond motifs is 1. The second-order valence-electron chi connectivity index (χ2n) is 7.27. The summed E-state index contributed by atoms with van der Waals surface area (Å²) in [4.78, 5) is 36.4. The standard InChI is InChI=1S/C22H28N4O5/c1-5-7-8-30-14(4)12-31-22-23-11-18-19(26-22)16(20(27)25-18)10-17-15(9-13(3)24-17)21(28)29-6-2/h9-11,14,24H,5-8,12H2,1-4H3,(H,25,27)/b16-10-/t14-/m0/s1. The molecule has 9 heteroatoms. The van der Waals surface area contributed by atoms with E-state index in [0.717, 1.165) is 18.5 Å². The molecular weight excluding hydrogens is 400 g/mol. The van der Waals surface area contributed by atoms with Crippen molar-refractivity contribution >= 4 is 29.2 Å². The van der Waals surface area contributed by atoms with Gasteiger partial charge in [0.15, 0.2) is 0 Å². The first kappa shape index (κ1) is 22.5. The Kier molecular flexibility index (Phi) is 7.41. The number of anilines is 1. The van der Waals surface area contributed by atoms with Crippen molar-refractivity contribution in [3.63, 3.8) is 0 Å². The van der Waals surface area contributed by atoms with Crippen molar-refractivity contribution in [2.45, 2.75) is 46.6 Å². The first-order valence-corrected chi connectivity index (χ1v) is 10.4. The summed E-state index contributed by atoms with van der Waals surface area (Å²) < 4.78 is 16.4. The number of ether oxygens (including phenoxy) is 3. The van der Waals surface area contributed by atoms with Crippen molar-refractivity contribution in [3.05, 3.63) is 34.9 Å². The number of hydrogen-bond acceptors (Lipinski definition) is 7. The molecule has 1 aliphatic rings. The number of unbranched alkanes of at least 4 members (excludes halogenated alkanes) is 1. The molecule has 1 amide bonds. The molecule has 166 valence electrons. The van der Waals surface area contributed by atoms with E-state index in [0.29, 0.717) is 41.4 Å². The van der Waals surface area contributed by atoms with Gasteiger partial charge in [0.1, 0.15) is 12.3 Å². The van der Waals surface area contributed by atoms with Crippen molar-refractivity contribution in [2.75, 3.05) is 25.1 Å². The summed E-state index contributed by atoms with van der Waals surface area (Å²) in [5, 5.41) is 2.73. The normalized spacial score (nSPS) is 15.0. The molecule has 1 atom stereocenters. The Morgan fingerprint density at radius 3 is 2.87 bits per heavy atom. The van der Waals surface area contributed by atoms with Gasteiger partial charge in [0, 0.05) is 12.3 Å². The van der Waals surface area contributed by atoms with Gasteiger partial charge < -0.3 is 24.5 Å². The van der Waals surface area contributed by atoms with Crippen LogP contribution in [-0.2, 0) is 14.3 Å². The number of aromatic amines is 1. The quantitative estimate of drug-likeness (QED) is 0.339. The molecule has 2 N–H and O–H groups in total. The van der Waals surface area contributed by atoms with Gasteiger partial charge in [-0.05, 0) is 39.3 Å². The fraction of sp³-hybridized carbons (Fsp3) is 0.455. The lowest BCUT2D eigenvalue weighted by Crippen LogP contribution is -2.19. The van der Waals surface area contributed by atoms with Gasteiger partial charge in [-0.3, -0.25) is 4.79 Å². The van der Waals surface area contributed by atoms with Crippen LogP contribution in [0.1, 0.15) is 61.1 Å². The number of esters is 1. The molecule has 3 heterocycles. The van der Waals surface area contributed by atoms with Crippen LogP contribution in [-0.4, -0.2) is 52.8 Å². The Labute approximate surface area is 181 Å². The Bertz CT molecular complexity index is 982. The van der Waals surface area contributed by atoms with Gasteiger partial charge in [0.05, 0.1) is 41.4 Å². The molecule has 2 aromatic heterocycles. The van der Waals surface area contributed by atoms with Crippen LogP contribution in [0.25, 0.3) is 11.6 Å². The summed E-state index contributed by atoms with van der Waals surface area (Å²) in [5.41, 5.74) is 2.82. The maximum Gasteiger partial charge on any atom is 0.340 e. The number of H-pyrrole nitrogens is 1. The van der Waals surface area contributed by atoms with Crippen molar-refractivity contribution in [1.29, 1.82) is 0 Å². The van der Waals surface area contributed by atoms with Gasteiger partial charge in [-0.2, -0.15) is 4.98 Å². The predicted molar refractivity (Wildman–Crippen MR) is 116 cm³/mol. The monoisotopic (exact) mass is 428 g/mol. The fourth-order valence-corrected chi connectivity index (χ4v) is 3.08. The third-order valence-electron chi connectivity index (χ3n) is 4.63. The lowest BCUT2D eigenvalue weighted by molar-refractivity contribution is -0.110. The highest BCUT2D eigenvalue weighted by molar-refractivity contribution is 6.34. The van der Waals surface area contributed by atoms with Crippen LogP contribution in [0.2, 0.25) is 0 Å². The minimum absolute atomic E-state index is 0.104. The number of nitrogens with one attached hydrogen (secondary N) is 2. The molecule has 9 nitrogen and oxygen atoms in total. The molecule has 0 unspecified atom stereocenters. The summed E-state index contributed by atoms with van der Waals surface area (Å²) >= 11 is 0. The lowest BCUT2D eigenvalue weighted by atomic mass is 10.1.